The molecule has 0 radical (unpaired) electrons. The van der Waals surface area contributed by atoms with Crippen LogP contribution in [0.15, 0.2) is 30.3 Å². The zero-order valence-corrected chi connectivity index (χ0v) is 19.6. The van der Waals surface area contributed by atoms with Crippen molar-refractivity contribution in [3.05, 3.63) is 41.7 Å². The summed E-state index contributed by atoms with van der Waals surface area (Å²) in [6.45, 7) is 2.52. The van der Waals surface area contributed by atoms with Gasteiger partial charge in [0, 0.05) is 32.2 Å². The summed E-state index contributed by atoms with van der Waals surface area (Å²) in [5.74, 6) is -0.237. The summed E-state index contributed by atoms with van der Waals surface area (Å²) in [5, 5.41) is 8.12. The van der Waals surface area contributed by atoms with Gasteiger partial charge < -0.3 is 19.1 Å². The van der Waals surface area contributed by atoms with Gasteiger partial charge in [0.05, 0.1) is 33.1 Å². The Kier molecular flexibility index (Phi) is 7.13. The highest BCUT2D eigenvalue weighted by atomic mass is 16.5. The molecule has 182 valence electrons. The van der Waals surface area contributed by atoms with Crippen molar-refractivity contribution in [2.45, 2.75) is 18.9 Å². The van der Waals surface area contributed by atoms with E-state index in [9.17, 15) is 14.4 Å². The van der Waals surface area contributed by atoms with E-state index in [1.165, 1.54) is 17.9 Å². The van der Waals surface area contributed by atoms with Gasteiger partial charge in [0.25, 0.3) is 11.8 Å². The van der Waals surface area contributed by atoms with Crippen LogP contribution in [0.4, 0.5) is 0 Å². The van der Waals surface area contributed by atoms with Crippen LogP contribution < -0.4 is 4.74 Å². The van der Waals surface area contributed by atoms with Crippen molar-refractivity contribution in [3.8, 4) is 11.4 Å². The number of carbonyl (C=O) groups excluding carboxylic acids is 3. The molecule has 2 saturated heterocycles. The van der Waals surface area contributed by atoms with E-state index in [0.29, 0.717) is 50.5 Å². The molecule has 2 aliphatic heterocycles. The van der Waals surface area contributed by atoms with Crippen molar-refractivity contribution < 1.29 is 28.6 Å². The lowest BCUT2D eigenvalue weighted by molar-refractivity contribution is -0.168. The maximum absolute atomic E-state index is 13.5. The zero-order valence-electron chi connectivity index (χ0n) is 19.6. The molecule has 2 fully saturated rings. The summed E-state index contributed by atoms with van der Waals surface area (Å²) in [5.41, 5.74) is 0.933. The fourth-order valence-corrected chi connectivity index (χ4v) is 4.29. The molecule has 11 heteroatoms. The van der Waals surface area contributed by atoms with E-state index in [2.05, 4.69) is 5.10 Å². The molecule has 1 aromatic heterocycles. The van der Waals surface area contributed by atoms with Gasteiger partial charge in [-0.05, 0) is 37.1 Å². The normalized spacial score (nSPS) is 17.5. The van der Waals surface area contributed by atoms with Crippen LogP contribution in [-0.2, 0) is 14.3 Å². The Bertz CT molecular complexity index is 1040. The lowest BCUT2D eigenvalue weighted by Crippen LogP contribution is -2.56. The van der Waals surface area contributed by atoms with Crippen molar-refractivity contribution in [2.24, 2.45) is 0 Å². The molecule has 0 atom stereocenters. The summed E-state index contributed by atoms with van der Waals surface area (Å²) >= 11 is 0. The number of amides is 2. The van der Waals surface area contributed by atoms with E-state index < -0.39 is 5.97 Å². The molecule has 0 N–H and O–H groups in total. The van der Waals surface area contributed by atoms with Gasteiger partial charge in [-0.15, -0.1) is 0 Å². The number of hydrogen-bond acceptors (Lipinski definition) is 8. The molecule has 0 bridgehead atoms. The topological polar surface area (TPSA) is 106 Å². The molecular weight excluding hydrogens is 442 g/mol. The number of morpholine rings is 1. The number of hydrogen-bond donors (Lipinski definition) is 0. The number of hydrazine groups is 1. The Morgan fingerprint density at radius 3 is 2.44 bits per heavy atom. The van der Waals surface area contributed by atoms with Gasteiger partial charge >= 0.3 is 5.97 Å². The summed E-state index contributed by atoms with van der Waals surface area (Å²) in [6, 6.07) is 8.49. The minimum Gasteiger partial charge on any atom is -0.497 e. The number of ether oxygens (including phenoxy) is 3. The van der Waals surface area contributed by atoms with Gasteiger partial charge in [-0.1, -0.05) is 0 Å². The Balaban J connectivity index is 1.51. The van der Waals surface area contributed by atoms with Crippen molar-refractivity contribution in [2.75, 3.05) is 54.1 Å². The fraction of sp³-hybridized carbons (Fsp3) is 0.478. The number of esters is 1. The fourth-order valence-electron chi connectivity index (χ4n) is 4.29. The highest BCUT2D eigenvalue weighted by Gasteiger charge is 2.33. The van der Waals surface area contributed by atoms with Crippen LogP contribution in [-0.4, -0.2) is 103 Å². The molecule has 4 rings (SSSR count). The van der Waals surface area contributed by atoms with Crippen molar-refractivity contribution >= 4 is 17.8 Å². The van der Waals surface area contributed by atoms with Crippen molar-refractivity contribution in [3.63, 3.8) is 0 Å². The van der Waals surface area contributed by atoms with Crippen LogP contribution in [0.3, 0.4) is 0 Å². The number of methoxy groups -OCH3 is 2. The number of rotatable bonds is 6. The zero-order chi connectivity index (χ0) is 24.2. The molecule has 2 amide bonds. The summed E-state index contributed by atoms with van der Waals surface area (Å²) in [6.07, 6.45) is 1.43. The lowest BCUT2D eigenvalue weighted by Gasteiger charge is -2.43. The monoisotopic (exact) mass is 471 g/mol. The summed E-state index contributed by atoms with van der Waals surface area (Å²) in [4.78, 5) is 39.5. The average molecular weight is 472 g/mol. The summed E-state index contributed by atoms with van der Waals surface area (Å²) < 4.78 is 16.7. The molecule has 0 spiro atoms. The molecule has 1 aromatic carbocycles. The number of aromatic nitrogens is 2. The molecule has 3 heterocycles. The summed E-state index contributed by atoms with van der Waals surface area (Å²) in [7, 11) is 4.60. The van der Waals surface area contributed by atoms with Crippen LogP contribution in [0.5, 0.6) is 5.75 Å². The first kappa shape index (κ1) is 23.7. The molecule has 11 nitrogen and oxygen atoms in total. The number of carbonyl (C=O) groups is 3. The van der Waals surface area contributed by atoms with Gasteiger partial charge in [-0.2, -0.15) is 5.10 Å². The van der Waals surface area contributed by atoms with Gasteiger partial charge in [0.2, 0.25) is 0 Å². The molecule has 0 aliphatic carbocycles. The minimum atomic E-state index is -0.618. The second-order valence-corrected chi connectivity index (χ2v) is 8.19. The Hall–Kier alpha value is -3.44. The number of benzene rings is 1. The predicted octanol–water partition coefficient (Wildman–Crippen LogP) is 0.978. The molecule has 2 aromatic rings. The van der Waals surface area contributed by atoms with Gasteiger partial charge in [-0.3, -0.25) is 14.6 Å². The molecular formula is C23H29N5O6. The van der Waals surface area contributed by atoms with Crippen LogP contribution in [0, 0.1) is 0 Å². The van der Waals surface area contributed by atoms with E-state index in [4.69, 9.17) is 14.2 Å². The van der Waals surface area contributed by atoms with E-state index >= 15 is 0 Å². The Morgan fingerprint density at radius 2 is 1.82 bits per heavy atom. The first-order valence-electron chi connectivity index (χ1n) is 11.2. The largest absolute Gasteiger partial charge is 0.497 e. The smallest absolute Gasteiger partial charge is 0.358 e. The molecule has 2 aliphatic rings. The molecule has 34 heavy (non-hydrogen) atoms. The van der Waals surface area contributed by atoms with Crippen molar-refractivity contribution in [1.29, 1.82) is 0 Å². The van der Waals surface area contributed by atoms with Gasteiger partial charge in [0.15, 0.2) is 5.69 Å². The average Bonchev–Trinajstić information content (AvgIpc) is 3.33. The SMILES string of the molecule is COC(=O)c1cc(C(=O)N(C)C2CCN(N3CCOCC3=O)CC2)n(-c2ccc(OC)cc2)n1. The highest BCUT2D eigenvalue weighted by molar-refractivity contribution is 5.96. The molecule has 0 saturated carbocycles. The number of nitrogens with zero attached hydrogens (tertiary/aromatic N) is 5. The van der Waals surface area contributed by atoms with E-state index in [-0.39, 0.29) is 35.9 Å². The maximum Gasteiger partial charge on any atom is 0.358 e. The van der Waals surface area contributed by atoms with Crippen LogP contribution in [0.1, 0.15) is 33.8 Å². The van der Waals surface area contributed by atoms with Gasteiger partial charge in [-0.25, -0.2) is 14.5 Å². The predicted molar refractivity (Wildman–Crippen MR) is 121 cm³/mol. The lowest BCUT2D eigenvalue weighted by atomic mass is 10.0. The highest BCUT2D eigenvalue weighted by Crippen LogP contribution is 2.23. The van der Waals surface area contributed by atoms with E-state index in [0.717, 1.165) is 0 Å². The van der Waals surface area contributed by atoms with Crippen LogP contribution in [0.2, 0.25) is 0 Å². The van der Waals surface area contributed by atoms with Gasteiger partial charge in [0.1, 0.15) is 18.1 Å². The van der Waals surface area contributed by atoms with E-state index in [1.54, 1.807) is 48.3 Å². The minimum absolute atomic E-state index is 0.0133. The molecule has 0 unspecified atom stereocenters. The Morgan fingerprint density at radius 1 is 1.12 bits per heavy atom. The third-order valence-electron chi connectivity index (χ3n) is 6.25. The first-order chi connectivity index (χ1) is 16.4. The van der Waals surface area contributed by atoms with Crippen LogP contribution in [0.25, 0.3) is 5.69 Å². The Labute approximate surface area is 197 Å². The third-order valence-corrected chi connectivity index (χ3v) is 6.25. The maximum atomic E-state index is 13.5. The quantitative estimate of drug-likeness (QED) is 0.574. The van der Waals surface area contributed by atoms with Crippen molar-refractivity contribution in [1.82, 2.24) is 24.7 Å². The second kappa shape index (κ2) is 10.2. The number of piperidine rings is 1. The second-order valence-electron chi connectivity index (χ2n) is 8.19. The van der Waals surface area contributed by atoms with E-state index in [1.807, 2.05) is 5.01 Å². The first-order valence-corrected chi connectivity index (χ1v) is 11.2. The third kappa shape index (κ3) is 4.75. The standard InChI is InChI=1S/C23H29N5O6/c1-25(16-8-10-26(11-9-16)27-12-13-34-15-21(27)29)22(30)20-14-19(23(31)33-3)24-28(20)17-4-6-18(32-2)7-5-17/h4-7,14,16H,8-13,15H2,1-3H3. The van der Waals surface area contributed by atoms with Crippen LogP contribution >= 0.6 is 0 Å².